The van der Waals surface area contributed by atoms with Crippen molar-refractivity contribution in [2.24, 2.45) is 0 Å². The molecule has 0 saturated heterocycles. The molecule has 0 unspecified atom stereocenters. The van der Waals surface area contributed by atoms with Gasteiger partial charge in [0.1, 0.15) is 0 Å². The monoisotopic (exact) mass is 166 g/mol. The molecule has 12 heavy (non-hydrogen) atoms. The zero-order valence-corrected chi connectivity index (χ0v) is 6.80. The molecule has 1 rings (SSSR count). The van der Waals surface area contributed by atoms with E-state index in [-0.39, 0.29) is 7.43 Å². The molecule has 2 nitrogen and oxygen atoms in total. The standard InChI is InChI=1S/C9H14N2.CH4/c1-2-7-11-9-5-3-8(10)4-6-9;/h3-6,11H,2,7,10H2,1H3;1H4. The molecule has 0 radical (unpaired) electrons. The molecule has 3 N–H and O–H groups in total. The largest absolute Gasteiger partial charge is 0.399 e. The molecule has 68 valence electrons. The zero-order chi connectivity index (χ0) is 8.10. The van der Waals surface area contributed by atoms with Crippen molar-refractivity contribution in [3.8, 4) is 0 Å². The van der Waals surface area contributed by atoms with Gasteiger partial charge in [0.2, 0.25) is 0 Å². The van der Waals surface area contributed by atoms with Crippen LogP contribution in [0.3, 0.4) is 0 Å². The summed E-state index contributed by atoms with van der Waals surface area (Å²) in [6.07, 6.45) is 1.14. The fourth-order valence-corrected chi connectivity index (χ4v) is 0.870. The summed E-state index contributed by atoms with van der Waals surface area (Å²) in [5.41, 5.74) is 7.48. The van der Waals surface area contributed by atoms with Crippen LogP contribution < -0.4 is 11.1 Å². The summed E-state index contributed by atoms with van der Waals surface area (Å²) in [6.45, 7) is 3.16. The maximum atomic E-state index is 5.53. The summed E-state index contributed by atoms with van der Waals surface area (Å²) in [5, 5.41) is 3.27. The molecule has 0 aromatic heterocycles. The van der Waals surface area contributed by atoms with E-state index in [1.54, 1.807) is 0 Å². The summed E-state index contributed by atoms with van der Waals surface area (Å²) in [7, 11) is 0. The molecular weight excluding hydrogens is 148 g/mol. The lowest BCUT2D eigenvalue weighted by Crippen LogP contribution is -1.99. The van der Waals surface area contributed by atoms with E-state index in [0.29, 0.717) is 0 Å². The summed E-state index contributed by atoms with van der Waals surface area (Å²) >= 11 is 0. The SMILES string of the molecule is C.CCCNc1ccc(N)cc1. The topological polar surface area (TPSA) is 38.0 Å². The third-order valence-corrected chi connectivity index (χ3v) is 1.49. The zero-order valence-electron chi connectivity index (χ0n) is 6.80. The van der Waals surface area contributed by atoms with Crippen LogP contribution in [0.1, 0.15) is 20.8 Å². The second kappa shape index (κ2) is 5.47. The molecular formula is C10H18N2. The predicted molar refractivity (Wildman–Crippen MR) is 56.4 cm³/mol. The second-order valence-electron chi connectivity index (χ2n) is 2.55. The highest BCUT2D eigenvalue weighted by atomic mass is 14.9. The van der Waals surface area contributed by atoms with E-state index in [1.165, 1.54) is 0 Å². The summed E-state index contributed by atoms with van der Waals surface area (Å²) in [6, 6.07) is 7.78. The van der Waals surface area contributed by atoms with Crippen molar-refractivity contribution >= 4 is 11.4 Å². The molecule has 0 spiro atoms. The Labute approximate surface area is 74.8 Å². The predicted octanol–water partition coefficient (Wildman–Crippen LogP) is 2.73. The molecule has 0 saturated carbocycles. The number of nitrogen functional groups attached to an aromatic ring is 1. The van der Waals surface area contributed by atoms with Crippen molar-refractivity contribution < 1.29 is 0 Å². The van der Waals surface area contributed by atoms with E-state index in [1.807, 2.05) is 24.3 Å². The smallest absolute Gasteiger partial charge is 0.0341 e. The number of anilines is 2. The number of rotatable bonds is 3. The molecule has 0 aliphatic carbocycles. The van der Waals surface area contributed by atoms with Crippen LogP contribution in [0.5, 0.6) is 0 Å². The van der Waals surface area contributed by atoms with Crippen LogP contribution in [-0.4, -0.2) is 6.54 Å². The van der Waals surface area contributed by atoms with Crippen molar-refractivity contribution in [2.75, 3.05) is 17.6 Å². The average molecular weight is 166 g/mol. The van der Waals surface area contributed by atoms with Gasteiger partial charge in [0.25, 0.3) is 0 Å². The molecule has 0 amide bonds. The van der Waals surface area contributed by atoms with Gasteiger partial charge < -0.3 is 11.1 Å². The van der Waals surface area contributed by atoms with Crippen LogP contribution in [0.25, 0.3) is 0 Å². The molecule has 0 aliphatic rings. The summed E-state index contributed by atoms with van der Waals surface area (Å²) in [5.74, 6) is 0. The van der Waals surface area contributed by atoms with Gasteiger partial charge in [-0.2, -0.15) is 0 Å². The molecule has 0 atom stereocenters. The molecule has 1 aromatic carbocycles. The highest BCUT2D eigenvalue weighted by Crippen LogP contribution is 2.09. The minimum atomic E-state index is 0. The summed E-state index contributed by atoms with van der Waals surface area (Å²) < 4.78 is 0. The van der Waals surface area contributed by atoms with E-state index < -0.39 is 0 Å². The Kier molecular flexibility index (Phi) is 4.93. The van der Waals surface area contributed by atoms with Gasteiger partial charge in [0, 0.05) is 17.9 Å². The van der Waals surface area contributed by atoms with Crippen LogP contribution in [0.4, 0.5) is 11.4 Å². The van der Waals surface area contributed by atoms with Crippen LogP contribution in [-0.2, 0) is 0 Å². The van der Waals surface area contributed by atoms with Crippen molar-refractivity contribution in [3.63, 3.8) is 0 Å². The highest BCUT2D eigenvalue weighted by Gasteiger charge is 1.88. The first kappa shape index (κ1) is 10.8. The Morgan fingerprint density at radius 3 is 2.33 bits per heavy atom. The van der Waals surface area contributed by atoms with Crippen molar-refractivity contribution in [3.05, 3.63) is 24.3 Å². The Morgan fingerprint density at radius 1 is 1.25 bits per heavy atom. The maximum Gasteiger partial charge on any atom is 0.0341 e. The third kappa shape index (κ3) is 3.28. The number of hydrogen-bond donors (Lipinski definition) is 2. The Hall–Kier alpha value is -1.18. The van der Waals surface area contributed by atoms with Crippen molar-refractivity contribution in [1.82, 2.24) is 0 Å². The minimum absolute atomic E-state index is 0. The molecule has 0 fully saturated rings. The fraction of sp³-hybridized carbons (Fsp3) is 0.400. The molecule has 1 aromatic rings. The van der Waals surface area contributed by atoms with Crippen LogP contribution in [0, 0.1) is 0 Å². The molecule has 0 bridgehead atoms. The van der Waals surface area contributed by atoms with Crippen LogP contribution in [0.2, 0.25) is 0 Å². The van der Waals surface area contributed by atoms with Gasteiger partial charge in [-0.1, -0.05) is 14.4 Å². The second-order valence-corrected chi connectivity index (χ2v) is 2.55. The maximum absolute atomic E-state index is 5.53. The Bertz CT molecular complexity index is 204. The summed E-state index contributed by atoms with van der Waals surface area (Å²) in [4.78, 5) is 0. The normalized spacial score (nSPS) is 8.75. The number of nitrogens with one attached hydrogen (secondary N) is 1. The van der Waals surface area contributed by atoms with Crippen LogP contribution >= 0.6 is 0 Å². The fourth-order valence-electron chi connectivity index (χ4n) is 0.870. The van der Waals surface area contributed by atoms with E-state index in [4.69, 9.17) is 5.73 Å². The first-order valence-corrected chi connectivity index (χ1v) is 3.92. The van der Waals surface area contributed by atoms with Gasteiger partial charge in [0.05, 0.1) is 0 Å². The van der Waals surface area contributed by atoms with Gasteiger partial charge >= 0.3 is 0 Å². The van der Waals surface area contributed by atoms with Crippen molar-refractivity contribution in [2.45, 2.75) is 20.8 Å². The van der Waals surface area contributed by atoms with Gasteiger partial charge in [-0.25, -0.2) is 0 Å². The Balaban J connectivity index is 0.00000121. The lowest BCUT2D eigenvalue weighted by atomic mass is 10.3. The first-order chi connectivity index (χ1) is 5.33. The number of benzene rings is 1. The van der Waals surface area contributed by atoms with Crippen LogP contribution in [0.15, 0.2) is 24.3 Å². The molecule has 0 aliphatic heterocycles. The number of hydrogen-bond acceptors (Lipinski definition) is 2. The quantitative estimate of drug-likeness (QED) is 0.677. The van der Waals surface area contributed by atoms with E-state index in [9.17, 15) is 0 Å². The molecule has 2 heteroatoms. The van der Waals surface area contributed by atoms with E-state index >= 15 is 0 Å². The first-order valence-electron chi connectivity index (χ1n) is 3.92. The van der Waals surface area contributed by atoms with E-state index in [0.717, 1.165) is 24.3 Å². The van der Waals surface area contributed by atoms with E-state index in [2.05, 4.69) is 12.2 Å². The lowest BCUT2D eigenvalue weighted by Gasteiger charge is -2.03. The minimum Gasteiger partial charge on any atom is -0.399 e. The van der Waals surface area contributed by atoms with Gasteiger partial charge in [-0.05, 0) is 30.7 Å². The highest BCUT2D eigenvalue weighted by molar-refractivity contribution is 5.50. The average Bonchev–Trinajstić information content (AvgIpc) is 2.04. The van der Waals surface area contributed by atoms with Gasteiger partial charge in [0.15, 0.2) is 0 Å². The Morgan fingerprint density at radius 2 is 1.83 bits per heavy atom. The van der Waals surface area contributed by atoms with Gasteiger partial charge in [-0.3, -0.25) is 0 Å². The van der Waals surface area contributed by atoms with Gasteiger partial charge in [-0.15, -0.1) is 0 Å². The lowest BCUT2D eigenvalue weighted by molar-refractivity contribution is 0.980. The molecule has 0 heterocycles. The number of nitrogens with two attached hydrogens (primary N) is 1. The third-order valence-electron chi connectivity index (χ3n) is 1.49. The van der Waals surface area contributed by atoms with Crippen molar-refractivity contribution in [1.29, 1.82) is 0 Å².